The third-order valence-electron chi connectivity index (χ3n) is 4.32. The number of carbonyl (C=O) groups is 1. The summed E-state index contributed by atoms with van der Waals surface area (Å²) >= 11 is 0. The number of anilines is 1. The number of rotatable bonds is 6. The first kappa shape index (κ1) is 17.7. The predicted molar refractivity (Wildman–Crippen MR) is 106 cm³/mol. The van der Waals surface area contributed by atoms with Crippen LogP contribution in [-0.2, 0) is 11.2 Å². The molecule has 1 N–H and O–H groups in total. The highest BCUT2D eigenvalue weighted by Crippen LogP contribution is 2.26. The van der Waals surface area contributed by atoms with Crippen LogP contribution in [0, 0.1) is 13.8 Å². The lowest BCUT2D eigenvalue weighted by atomic mass is 10.1. The van der Waals surface area contributed by atoms with Crippen molar-refractivity contribution in [3.63, 3.8) is 0 Å². The molecular formula is C23H23NO2. The van der Waals surface area contributed by atoms with Gasteiger partial charge in [0.2, 0.25) is 5.91 Å². The van der Waals surface area contributed by atoms with Crippen LogP contribution < -0.4 is 10.1 Å². The van der Waals surface area contributed by atoms with Crippen LogP contribution in [0.4, 0.5) is 5.69 Å². The summed E-state index contributed by atoms with van der Waals surface area (Å²) in [6, 6.07) is 23.5. The molecule has 3 nitrogen and oxygen atoms in total. The molecule has 1 amide bonds. The van der Waals surface area contributed by atoms with Crippen molar-refractivity contribution in [3.8, 4) is 11.5 Å². The van der Waals surface area contributed by atoms with Gasteiger partial charge in [-0.15, -0.1) is 0 Å². The fraction of sp³-hybridized carbons (Fsp3) is 0.174. The molecule has 0 spiro atoms. The minimum Gasteiger partial charge on any atom is -0.457 e. The van der Waals surface area contributed by atoms with Crippen LogP contribution >= 0.6 is 0 Å². The Morgan fingerprint density at radius 3 is 2.38 bits per heavy atom. The normalized spacial score (nSPS) is 10.4. The van der Waals surface area contributed by atoms with Gasteiger partial charge in [-0.1, -0.05) is 42.5 Å². The molecule has 26 heavy (non-hydrogen) atoms. The lowest BCUT2D eigenvalue weighted by Crippen LogP contribution is -2.12. The Morgan fingerprint density at radius 2 is 1.62 bits per heavy atom. The average molecular weight is 345 g/mol. The highest BCUT2D eigenvalue weighted by atomic mass is 16.5. The summed E-state index contributed by atoms with van der Waals surface area (Å²) in [6.45, 7) is 4.14. The van der Waals surface area contributed by atoms with Crippen LogP contribution in [-0.4, -0.2) is 5.91 Å². The maximum absolute atomic E-state index is 12.2. The zero-order valence-electron chi connectivity index (χ0n) is 15.2. The van der Waals surface area contributed by atoms with Gasteiger partial charge in [0.1, 0.15) is 11.5 Å². The van der Waals surface area contributed by atoms with Gasteiger partial charge in [-0.05, 0) is 61.2 Å². The Balaban J connectivity index is 1.59. The molecule has 3 aromatic rings. The molecular weight excluding hydrogens is 322 g/mol. The van der Waals surface area contributed by atoms with Crippen molar-refractivity contribution in [1.82, 2.24) is 0 Å². The second kappa shape index (κ2) is 8.34. The van der Waals surface area contributed by atoms with Gasteiger partial charge in [0, 0.05) is 18.2 Å². The summed E-state index contributed by atoms with van der Waals surface area (Å²) in [4.78, 5) is 12.2. The molecule has 0 aromatic heterocycles. The van der Waals surface area contributed by atoms with Crippen LogP contribution in [0.2, 0.25) is 0 Å². The van der Waals surface area contributed by atoms with Crippen molar-refractivity contribution in [3.05, 3.63) is 89.5 Å². The van der Waals surface area contributed by atoms with E-state index < -0.39 is 0 Å². The van der Waals surface area contributed by atoms with E-state index in [1.54, 1.807) is 0 Å². The lowest BCUT2D eigenvalue weighted by Gasteiger charge is -2.10. The number of ether oxygens (including phenoxy) is 1. The van der Waals surface area contributed by atoms with E-state index in [0.717, 1.165) is 23.4 Å². The fourth-order valence-corrected chi connectivity index (χ4v) is 2.68. The van der Waals surface area contributed by atoms with Crippen molar-refractivity contribution in [1.29, 1.82) is 0 Å². The minimum absolute atomic E-state index is 0.00261. The molecule has 0 aliphatic rings. The molecule has 0 aliphatic carbocycles. The Morgan fingerprint density at radius 1 is 0.846 bits per heavy atom. The molecule has 0 aliphatic heterocycles. The quantitative estimate of drug-likeness (QED) is 0.625. The molecule has 0 atom stereocenters. The standard InChI is InChI=1S/C23H23NO2/c1-17-11-13-22(15-18(17)2)26-21-10-6-9-20(16-21)24-23(25)14-12-19-7-4-3-5-8-19/h3-11,13,15-16H,12,14H2,1-2H3,(H,24,25). The summed E-state index contributed by atoms with van der Waals surface area (Å²) in [5.74, 6) is 1.49. The van der Waals surface area contributed by atoms with Gasteiger partial charge in [0.25, 0.3) is 0 Å². The van der Waals surface area contributed by atoms with Gasteiger partial charge < -0.3 is 10.1 Å². The number of amides is 1. The summed E-state index contributed by atoms with van der Waals surface area (Å²) in [6.07, 6.45) is 1.18. The number of carbonyl (C=O) groups excluding carboxylic acids is 1. The molecule has 3 aromatic carbocycles. The molecule has 0 heterocycles. The largest absolute Gasteiger partial charge is 0.457 e. The molecule has 0 saturated carbocycles. The smallest absolute Gasteiger partial charge is 0.224 e. The van der Waals surface area contributed by atoms with Gasteiger partial charge in [0.15, 0.2) is 0 Å². The van der Waals surface area contributed by atoms with E-state index in [0.29, 0.717) is 12.2 Å². The van der Waals surface area contributed by atoms with Crippen molar-refractivity contribution in [2.75, 3.05) is 5.32 Å². The number of nitrogens with one attached hydrogen (secondary N) is 1. The summed E-state index contributed by atoms with van der Waals surface area (Å²) < 4.78 is 5.91. The highest BCUT2D eigenvalue weighted by molar-refractivity contribution is 5.91. The molecule has 0 saturated heterocycles. The molecule has 0 fully saturated rings. The topological polar surface area (TPSA) is 38.3 Å². The minimum atomic E-state index is -0.00261. The van der Waals surface area contributed by atoms with Crippen molar-refractivity contribution < 1.29 is 9.53 Å². The summed E-state index contributed by atoms with van der Waals surface area (Å²) in [5.41, 5.74) is 4.32. The predicted octanol–water partition coefficient (Wildman–Crippen LogP) is 5.67. The number of hydrogen-bond acceptors (Lipinski definition) is 2. The maximum atomic E-state index is 12.2. The summed E-state index contributed by atoms with van der Waals surface area (Å²) in [7, 11) is 0. The molecule has 132 valence electrons. The third-order valence-corrected chi connectivity index (χ3v) is 4.32. The Hall–Kier alpha value is -3.07. The highest BCUT2D eigenvalue weighted by Gasteiger charge is 2.05. The van der Waals surface area contributed by atoms with Gasteiger partial charge in [-0.25, -0.2) is 0 Å². The zero-order valence-corrected chi connectivity index (χ0v) is 15.2. The van der Waals surface area contributed by atoms with Crippen LogP contribution in [0.25, 0.3) is 0 Å². The molecule has 0 bridgehead atoms. The van der Waals surface area contributed by atoms with E-state index in [1.165, 1.54) is 11.1 Å². The van der Waals surface area contributed by atoms with Gasteiger partial charge >= 0.3 is 0 Å². The van der Waals surface area contributed by atoms with E-state index in [2.05, 4.69) is 19.2 Å². The first-order chi connectivity index (χ1) is 12.6. The molecule has 3 rings (SSSR count). The van der Waals surface area contributed by atoms with Crippen molar-refractivity contribution in [2.45, 2.75) is 26.7 Å². The van der Waals surface area contributed by atoms with Gasteiger partial charge in [-0.2, -0.15) is 0 Å². The van der Waals surface area contributed by atoms with Crippen LogP contribution in [0.5, 0.6) is 11.5 Å². The number of hydrogen-bond donors (Lipinski definition) is 1. The average Bonchev–Trinajstić information content (AvgIpc) is 2.64. The molecule has 3 heteroatoms. The second-order valence-electron chi connectivity index (χ2n) is 6.41. The van der Waals surface area contributed by atoms with Crippen molar-refractivity contribution in [2.24, 2.45) is 0 Å². The first-order valence-electron chi connectivity index (χ1n) is 8.79. The van der Waals surface area contributed by atoms with Crippen LogP contribution in [0.15, 0.2) is 72.8 Å². The number of benzene rings is 3. The Bertz CT molecular complexity index is 888. The lowest BCUT2D eigenvalue weighted by molar-refractivity contribution is -0.116. The van der Waals surface area contributed by atoms with Crippen molar-refractivity contribution >= 4 is 11.6 Å². The Labute approximate surface area is 154 Å². The van der Waals surface area contributed by atoms with E-state index in [1.807, 2.05) is 72.8 Å². The van der Waals surface area contributed by atoms with Crippen LogP contribution in [0.1, 0.15) is 23.1 Å². The first-order valence-corrected chi connectivity index (χ1v) is 8.79. The van der Waals surface area contributed by atoms with Gasteiger partial charge in [-0.3, -0.25) is 4.79 Å². The monoisotopic (exact) mass is 345 g/mol. The van der Waals surface area contributed by atoms with E-state index in [-0.39, 0.29) is 5.91 Å². The molecule has 0 unspecified atom stereocenters. The Kier molecular flexibility index (Phi) is 5.69. The maximum Gasteiger partial charge on any atom is 0.224 e. The molecule has 0 radical (unpaired) electrons. The van der Waals surface area contributed by atoms with E-state index >= 15 is 0 Å². The second-order valence-corrected chi connectivity index (χ2v) is 6.41. The fourth-order valence-electron chi connectivity index (χ4n) is 2.68. The SMILES string of the molecule is Cc1ccc(Oc2cccc(NC(=O)CCc3ccccc3)c2)cc1C. The van der Waals surface area contributed by atoms with E-state index in [4.69, 9.17) is 4.74 Å². The number of aryl methyl sites for hydroxylation is 3. The van der Waals surface area contributed by atoms with Crippen LogP contribution in [0.3, 0.4) is 0 Å². The van der Waals surface area contributed by atoms with Gasteiger partial charge in [0.05, 0.1) is 0 Å². The third kappa shape index (κ3) is 4.96. The summed E-state index contributed by atoms with van der Waals surface area (Å²) in [5, 5.41) is 2.94. The van der Waals surface area contributed by atoms with E-state index in [9.17, 15) is 4.79 Å². The zero-order chi connectivity index (χ0) is 18.4.